The molecule has 0 saturated heterocycles. The highest BCUT2D eigenvalue weighted by Gasteiger charge is 2.25. The summed E-state index contributed by atoms with van der Waals surface area (Å²) < 4.78 is 4.81. The number of rotatable bonds is 2. The maximum absolute atomic E-state index is 5.33. The molecule has 0 atom stereocenters. The van der Waals surface area contributed by atoms with Crippen molar-refractivity contribution in [3.8, 4) is 17.1 Å². The molecule has 0 aliphatic carbocycles. The zero-order valence-electron chi connectivity index (χ0n) is 22.5. The zero-order valence-corrected chi connectivity index (χ0v) is 22.5. The highest BCUT2D eigenvalue weighted by Crippen LogP contribution is 2.45. The summed E-state index contributed by atoms with van der Waals surface area (Å²) in [6.07, 6.45) is 0. The second-order valence-corrected chi connectivity index (χ2v) is 11.0. The van der Waals surface area contributed by atoms with E-state index < -0.39 is 0 Å². The Balaban J connectivity index is 1.50. The van der Waals surface area contributed by atoms with Crippen molar-refractivity contribution in [1.82, 2.24) is 18.9 Å². The van der Waals surface area contributed by atoms with Crippen LogP contribution in [-0.2, 0) is 0 Å². The summed E-state index contributed by atoms with van der Waals surface area (Å²) in [5, 5.41) is 7.49. The van der Waals surface area contributed by atoms with Crippen molar-refractivity contribution < 1.29 is 0 Å². The Hall–Kier alpha value is -5.74. The van der Waals surface area contributed by atoms with Crippen molar-refractivity contribution in [3.05, 3.63) is 133 Å². The molecular weight excluding hydrogens is 512 g/mol. The Labute approximate surface area is 240 Å². The van der Waals surface area contributed by atoms with E-state index >= 15 is 0 Å². The molecule has 0 radical (unpaired) electrons. The molecular formula is C38H22N4. The van der Waals surface area contributed by atoms with Gasteiger partial charge in [0.05, 0.1) is 38.6 Å². The summed E-state index contributed by atoms with van der Waals surface area (Å²) in [5.74, 6) is 0.841. The van der Waals surface area contributed by atoms with Crippen LogP contribution in [0.3, 0.4) is 0 Å². The van der Waals surface area contributed by atoms with Crippen molar-refractivity contribution in [2.75, 3.05) is 0 Å². The molecule has 4 nitrogen and oxygen atoms in total. The van der Waals surface area contributed by atoms with Gasteiger partial charge in [-0.25, -0.2) is 9.97 Å². The Kier molecular flexibility index (Phi) is 4.15. The lowest BCUT2D eigenvalue weighted by Gasteiger charge is -2.14. The van der Waals surface area contributed by atoms with Crippen LogP contribution >= 0.6 is 0 Å². The molecule has 4 aromatic heterocycles. The van der Waals surface area contributed by atoms with E-state index in [0.29, 0.717) is 0 Å². The molecule has 0 aliphatic heterocycles. The summed E-state index contributed by atoms with van der Waals surface area (Å²) in [7, 11) is 0. The van der Waals surface area contributed by atoms with Gasteiger partial charge in [0.15, 0.2) is 5.82 Å². The van der Waals surface area contributed by atoms with Crippen LogP contribution in [0.5, 0.6) is 0 Å². The first-order valence-corrected chi connectivity index (χ1v) is 14.3. The number of nitrogens with zero attached hydrogens (tertiary/aromatic N) is 4. The number of aromatic nitrogens is 4. The average Bonchev–Trinajstić information content (AvgIpc) is 3.53. The Morgan fingerprint density at radius 3 is 1.79 bits per heavy atom. The van der Waals surface area contributed by atoms with Gasteiger partial charge in [-0.3, -0.25) is 4.57 Å². The van der Waals surface area contributed by atoms with Crippen molar-refractivity contribution in [2.24, 2.45) is 0 Å². The summed E-state index contributed by atoms with van der Waals surface area (Å²) in [6, 6.07) is 47.4. The third-order valence-corrected chi connectivity index (χ3v) is 8.84. The van der Waals surface area contributed by atoms with Gasteiger partial charge in [0.1, 0.15) is 5.69 Å². The largest absolute Gasteiger partial charge is 0.308 e. The number of hydrogen-bond acceptors (Lipinski definition) is 2. The topological polar surface area (TPSA) is 35.1 Å². The molecule has 10 aromatic rings. The van der Waals surface area contributed by atoms with E-state index in [4.69, 9.17) is 9.97 Å². The fourth-order valence-electron chi connectivity index (χ4n) is 7.13. The summed E-state index contributed by atoms with van der Waals surface area (Å²) in [5.41, 5.74) is 9.61. The van der Waals surface area contributed by atoms with Crippen molar-refractivity contribution in [1.29, 1.82) is 0 Å². The van der Waals surface area contributed by atoms with Gasteiger partial charge >= 0.3 is 0 Å². The molecule has 0 amide bonds. The van der Waals surface area contributed by atoms with Crippen LogP contribution in [0.1, 0.15) is 0 Å². The minimum Gasteiger partial charge on any atom is -0.308 e. The first kappa shape index (κ1) is 22.0. The SMILES string of the molecule is c1ccc(-c2nc3ccccc3nc2-n2c3cccc4c5ccccc5n5c6ccccc6c6ccc2c(c43)c65)cc1. The second-order valence-electron chi connectivity index (χ2n) is 11.0. The lowest BCUT2D eigenvalue weighted by molar-refractivity contribution is 1.08. The molecule has 6 aromatic carbocycles. The van der Waals surface area contributed by atoms with Crippen LogP contribution in [-0.4, -0.2) is 18.9 Å². The third-order valence-electron chi connectivity index (χ3n) is 8.84. The van der Waals surface area contributed by atoms with Gasteiger partial charge in [-0.05, 0) is 41.8 Å². The van der Waals surface area contributed by atoms with Crippen LogP contribution in [0.25, 0.3) is 88.0 Å². The Bertz CT molecular complexity index is 2680. The molecule has 42 heavy (non-hydrogen) atoms. The van der Waals surface area contributed by atoms with E-state index in [0.717, 1.165) is 39.1 Å². The fourth-order valence-corrected chi connectivity index (χ4v) is 7.13. The molecule has 4 heterocycles. The van der Waals surface area contributed by atoms with Crippen LogP contribution < -0.4 is 0 Å². The van der Waals surface area contributed by atoms with Gasteiger partial charge in [0, 0.05) is 32.5 Å². The van der Waals surface area contributed by atoms with Crippen molar-refractivity contribution in [2.45, 2.75) is 0 Å². The van der Waals surface area contributed by atoms with E-state index in [-0.39, 0.29) is 0 Å². The molecule has 4 heteroatoms. The van der Waals surface area contributed by atoms with E-state index in [9.17, 15) is 0 Å². The molecule has 0 spiro atoms. The van der Waals surface area contributed by atoms with Crippen LogP contribution in [0.15, 0.2) is 133 Å². The number of benzene rings is 6. The molecule has 0 unspecified atom stereocenters. The first-order chi connectivity index (χ1) is 20.9. The first-order valence-electron chi connectivity index (χ1n) is 14.3. The lowest BCUT2D eigenvalue weighted by Crippen LogP contribution is -2.03. The smallest absolute Gasteiger partial charge is 0.165 e. The Morgan fingerprint density at radius 1 is 0.405 bits per heavy atom. The molecule has 0 bridgehead atoms. The summed E-state index contributed by atoms with van der Waals surface area (Å²) in [4.78, 5) is 10.5. The summed E-state index contributed by atoms with van der Waals surface area (Å²) in [6.45, 7) is 0. The molecule has 0 N–H and O–H groups in total. The van der Waals surface area contributed by atoms with E-state index in [1.165, 1.54) is 48.9 Å². The van der Waals surface area contributed by atoms with Gasteiger partial charge < -0.3 is 4.40 Å². The number of para-hydroxylation sites is 4. The predicted molar refractivity (Wildman–Crippen MR) is 174 cm³/mol. The van der Waals surface area contributed by atoms with Gasteiger partial charge in [-0.1, -0.05) is 97.1 Å². The fraction of sp³-hybridized carbons (Fsp3) is 0. The number of hydrogen-bond donors (Lipinski definition) is 0. The standard InChI is InChI=1S/C38H22N4/c1-2-11-23(12-3-1)36-38(40-29-17-7-6-16-28(29)39-36)42-32-20-10-15-26-24-13-4-8-18-30(24)41-31-19-9-5-14-25(31)27-21-22-33(42)35(34(26)32)37(27)41/h1-22H. The second kappa shape index (κ2) is 7.93. The quantitative estimate of drug-likeness (QED) is 0.221. The third kappa shape index (κ3) is 2.71. The molecule has 0 saturated carbocycles. The highest BCUT2D eigenvalue weighted by molar-refractivity contribution is 6.33. The molecule has 0 aliphatic rings. The minimum absolute atomic E-state index is 0.841. The van der Waals surface area contributed by atoms with E-state index in [1.807, 2.05) is 24.3 Å². The lowest BCUT2D eigenvalue weighted by atomic mass is 10.0. The zero-order chi connectivity index (χ0) is 27.4. The van der Waals surface area contributed by atoms with Crippen molar-refractivity contribution >= 4 is 70.9 Å². The van der Waals surface area contributed by atoms with Gasteiger partial charge in [0.25, 0.3) is 0 Å². The summed E-state index contributed by atoms with van der Waals surface area (Å²) >= 11 is 0. The maximum Gasteiger partial charge on any atom is 0.165 e. The molecule has 0 fully saturated rings. The number of fused-ring (bicyclic) bond motifs is 7. The van der Waals surface area contributed by atoms with Crippen LogP contribution in [0, 0.1) is 0 Å². The van der Waals surface area contributed by atoms with Gasteiger partial charge in [-0.15, -0.1) is 0 Å². The van der Waals surface area contributed by atoms with Gasteiger partial charge in [0.2, 0.25) is 0 Å². The predicted octanol–water partition coefficient (Wildman–Crippen LogP) is 9.54. The van der Waals surface area contributed by atoms with Gasteiger partial charge in [-0.2, -0.15) is 0 Å². The van der Waals surface area contributed by atoms with Crippen molar-refractivity contribution in [3.63, 3.8) is 0 Å². The van der Waals surface area contributed by atoms with E-state index in [2.05, 4.69) is 118 Å². The maximum atomic E-state index is 5.33. The Morgan fingerprint density at radius 2 is 1.00 bits per heavy atom. The van der Waals surface area contributed by atoms with E-state index in [1.54, 1.807) is 0 Å². The van der Waals surface area contributed by atoms with Crippen LogP contribution in [0.4, 0.5) is 0 Å². The minimum atomic E-state index is 0.841. The normalized spacial score (nSPS) is 12.3. The molecule has 10 rings (SSSR count). The highest BCUT2D eigenvalue weighted by atomic mass is 15.1. The molecule has 194 valence electrons. The monoisotopic (exact) mass is 534 g/mol. The van der Waals surface area contributed by atoms with Crippen LogP contribution in [0.2, 0.25) is 0 Å². The average molecular weight is 535 g/mol.